The van der Waals surface area contributed by atoms with E-state index < -0.39 is 0 Å². The van der Waals surface area contributed by atoms with Gasteiger partial charge in [0.25, 0.3) is 0 Å². The van der Waals surface area contributed by atoms with Gasteiger partial charge < -0.3 is 10.5 Å². The van der Waals surface area contributed by atoms with Gasteiger partial charge in [-0.05, 0) is 43.7 Å². The lowest BCUT2D eigenvalue weighted by Crippen LogP contribution is -2.05. The molecule has 0 amide bonds. The Morgan fingerprint density at radius 1 is 1.33 bits per heavy atom. The highest BCUT2D eigenvalue weighted by atomic mass is 79.9. The van der Waals surface area contributed by atoms with Crippen LogP contribution in [0.25, 0.3) is 4.96 Å². The zero-order valence-electron chi connectivity index (χ0n) is 11.9. The van der Waals surface area contributed by atoms with E-state index in [1.807, 2.05) is 28.1 Å². The first-order chi connectivity index (χ1) is 10.1. The van der Waals surface area contributed by atoms with Crippen molar-refractivity contribution in [3.8, 4) is 11.6 Å². The van der Waals surface area contributed by atoms with Crippen molar-refractivity contribution in [3.63, 3.8) is 0 Å². The van der Waals surface area contributed by atoms with Crippen LogP contribution in [0.5, 0.6) is 11.6 Å². The van der Waals surface area contributed by atoms with Gasteiger partial charge in [-0.1, -0.05) is 15.9 Å². The number of aromatic nitrogens is 2. The van der Waals surface area contributed by atoms with Crippen LogP contribution in [0.2, 0.25) is 0 Å². The van der Waals surface area contributed by atoms with Crippen LogP contribution in [0.15, 0.2) is 28.2 Å². The summed E-state index contributed by atoms with van der Waals surface area (Å²) in [6.07, 6.45) is 2.74. The number of nitrogens with zero attached hydrogens (tertiary/aromatic N) is 2. The van der Waals surface area contributed by atoms with Gasteiger partial charge in [-0.25, -0.2) is 0 Å². The number of fused-ring (bicyclic) bond motifs is 1. The van der Waals surface area contributed by atoms with E-state index in [0.717, 1.165) is 38.4 Å². The summed E-state index contributed by atoms with van der Waals surface area (Å²) in [5, 5.41) is 2.01. The molecule has 6 heteroatoms. The number of imidazole rings is 1. The van der Waals surface area contributed by atoms with Crippen LogP contribution in [-0.4, -0.2) is 15.9 Å². The molecule has 0 aliphatic heterocycles. The Labute approximate surface area is 135 Å². The lowest BCUT2D eigenvalue weighted by atomic mass is 10.1. The van der Waals surface area contributed by atoms with Crippen LogP contribution in [0.1, 0.15) is 16.8 Å². The van der Waals surface area contributed by atoms with Crippen molar-refractivity contribution in [2.24, 2.45) is 5.73 Å². The fourth-order valence-electron chi connectivity index (χ4n) is 2.34. The molecule has 3 aromatic rings. The summed E-state index contributed by atoms with van der Waals surface area (Å²) in [6, 6.07) is 4.02. The van der Waals surface area contributed by atoms with E-state index in [9.17, 15) is 0 Å². The summed E-state index contributed by atoms with van der Waals surface area (Å²) in [5.41, 5.74) is 9.02. The molecular formula is C15H16BrN3OS. The standard InChI is InChI=1S/C15H16BrN3OS/c1-9-7-11(8-10(2)13(9)16)20-14-12(3-4-17)19-5-6-21-15(19)18-14/h5-8H,3-4,17H2,1-2H3. The van der Waals surface area contributed by atoms with E-state index in [4.69, 9.17) is 10.5 Å². The summed E-state index contributed by atoms with van der Waals surface area (Å²) in [6.45, 7) is 4.67. The molecule has 21 heavy (non-hydrogen) atoms. The second-order valence-corrected chi connectivity index (χ2v) is 6.60. The topological polar surface area (TPSA) is 52.5 Å². The van der Waals surface area contributed by atoms with E-state index in [1.165, 1.54) is 0 Å². The number of aryl methyl sites for hydroxylation is 2. The van der Waals surface area contributed by atoms with Crippen molar-refractivity contribution in [3.05, 3.63) is 45.0 Å². The Hall–Kier alpha value is -1.37. The number of benzene rings is 1. The first-order valence-electron chi connectivity index (χ1n) is 6.69. The Balaban J connectivity index is 2.01. The van der Waals surface area contributed by atoms with E-state index >= 15 is 0 Å². The monoisotopic (exact) mass is 365 g/mol. The predicted octanol–water partition coefficient (Wildman–Crippen LogP) is 4.07. The van der Waals surface area contributed by atoms with E-state index in [-0.39, 0.29) is 0 Å². The van der Waals surface area contributed by atoms with Gasteiger partial charge in [-0.15, -0.1) is 11.3 Å². The SMILES string of the molecule is Cc1cc(Oc2nc3sccn3c2CCN)cc(C)c1Br. The van der Waals surface area contributed by atoms with Gasteiger partial charge in [0.15, 0.2) is 4.96 Å². The number of nitrogens with two attached hydrogens (primary N) is 1. The van der Waals surface area contributed by atoms with Crippen LogP contribution in [0.4, 0.5) is 0 Å². The fraction of sp³-hybridized carbons (Fsp3) is 0.267. The quantitative estimate of drug-likeness (QED) is 0.757. The number of thiazole rings is 1. The third-order valence-corrected chi connectivity index (χ3v) is 5.34. The molecule has 0 atom stereocenters. The molecule has 0 unspecified atom stereocenters. The molecule has 2 aromatic heterocycles. The average molecular weight is 366 g/mol. The zero-order chi connectivity index (χ0) is 15.0. The van der Waals surface area contributed by atoms with Gasteiger partial charge in [0.2, 0.25) is 5.88 Å². The molecule has 0 bridgehead atoms. The second-order valence-electron chi connectivity index (χ2n) is 4.93. The molecular weight excluding hydrogens is 350 g/mol. The largest absolute Gasteiger partial charge is 0.437 e. The lowest BCUT2D eigenvalue weighted by molar-refractivity contribution is 0.458. The van der Waals surface area contributed by atoms with Crippen molar-refractivity contribution in [2.45, 2.75) is 20.3 Å². The van der Waals surface area contributed by atoms with E-state index in [2.05, 4.69) is 34.8 Å². The van der Waals surface area contributed by atoms with Crippen molar-refractivity contribution < 1.29 is 4.74 Å². The van der Waals surface area contributed by atoms with Gasteiger partial charge in [-0.2, -0.15) is 4.98 Å². The van der Waals surface area contributed by atoms with Gasteiger partial charge in [-0.3, -0.25) is 4.40 Å². The number of ether oxygens (including phenoxy) is 1. The highest BCUT2D eigenvalue weighted by molar-refractivity contribution is 9.10. The van der Waals surface area contributed by atoms with Crippen molar-refractivity contribution >= 4 is 32.2 Å². The van der Waals surface area contributed by atoms with Gasteiger partial charge >= 0.3 is 0 Å². The fourth-order valence-corrected chi connectivity index (χ4v) is 3.29. The van der Waals surface area contributed by atoms with Gasteiger partial charge in [0.05, 0.1) is 5.69 Å². The Bertz CT molecular complexity index is 770. The number of hydrogen-bond acceptors (Lipinski definition) is 4. The number of hydrogen-bond donors (Lipinski definition) is 1. The molecule has 110 valence electrons. The minimum absolute atomic E-state index is 0.568. The Morgan fingerprint density at radius 3 is 2.71 bits per heavy atom. The molecule has 0 fully saturated rings. The maximum absolute atomic E-state index is 6.02. The number of halogens is 1. The first kappa shape index (κ1) is 14.6. The molecule has 0 saturated heterocycles. The Kier molecular flexibility index (Phi) is 4.01. The molecule has 0 aliphatic rings. The van der Waals surface area contributed by atoms with Gasteiger partial charge in [0.1, 0.15) is 5.75 Å². The van der Waals surface area contributed by atoms with Crippen molar-refractivity contribution in [1.82, 2.24) is 9.38 Å². The second kappa shape index (κ2) is 5.79. The summed E-state index contributed by atoms with van der Waals surface area (Å²) in [7, 11) is 0. The zero-order valence-corrected chi connectivity index (χ0v) is 14.3. The first-order valence-corrected chi connectivity index (χ1v) is 8.36. The molecule has 0 saturated carbocycles. The molecule has 1 aromatic carbocycles. The van der Waals surface area contributed by atoms with E-state index in [1.54, 1.807) is 11.3 Å². The molecule has 2 heterocycles. The summed E-state index contributed by atoms with van der Waals surface area (Å²) < 4.78 is 9.18. The molecule has 3 rings (SSSR count). The molecule has 4 nitrogen and oxygen atoms in total. The lowest BCUT2D eigenvalue weighted by Gasteiger charge is -2.09. The van der Waals surface area contributed by atoms with Gasteiger partial charge in [0, 0.05) is 22.5 Å². The van der Waals surface area contributed by atoms with Crippen LogP contribution in [0.3, 0.4) is 0 Å². The van der Waals surface area contributed by atoms with Crippen molar-refractivity contribution in [1.29, 1.82) is 0 Å². The third-order valence-electron chi connectivity index (χ3n) is 3.33. The third kappa shape index (κ3) is 2.71. The van der Waals surface area contributed by atoms with Crippen LogP contribution in [-0.2, 0) is 6.42 Å². The highest BCUT2D eigenvalue weighted by Gasteiger charge is 2.15. The van der Waals surface area contributed by atoms with Crippen LogP contribution < -0.4 is 10.5 Å². The van der Waals surface area contributed by atoms with E-state index in [0.29, 0.717) is 12.4 Å². The smallest absolute Gasteiger partial charge is 0.242 e. The van der Waals surface area contributed by atoms with Crippen LogP contribution >= 0.6 is 27.3 Å². The number of rotatable bonds is 4. The highest BCUT2D eigenvalue weighted by Crippen LogP contribution is 2.32. The van der Waals surface area contributed by atoms with Crippen LogP contribution in [0, 0.1) is 13.8 Å². The molecule has 0 radical (unpaired) electrons. The summed E-state index contributed by atoms with van der Waals surface area (Å²) in [5.74, 6) is 1.45. The minimum atomic E-state index is 0.568. The summed E-state index contributed by atoms with van der Waals surface area (Å²) in [4.78, 5) is 5.49. The molecule has 0 spiro atoms. The van der Waals surface area contributed by atoms with Crippen molar-refractivity contribution in [2.75, 3.05) is 6.54 Å². The predicted molar refractivity (Wildman–Crippen MR) is 89.5 cm³/mol. The normalized spacial score (nSPS) is 11.2. The minimum Gasteiger partial charge on any atom is -0.437 e. The molecule has 0 aliphatic carbocycles. The molecule has 2 N–H and O–H groups in total. The Morgan fingerprint density at radius 2 is 2.05 bits per heavy atom. The average Bonchev–Trinajstić information content (AvgIpc) is 3.00. The summed E-state index contributed by atoms with van der Waals surface area (Å²) >= 11 is 5.16. The maximum Gasteiger partial charge on any atom is 0.242 e. The maximum atomic E-state index is 6.02.